The molecule has 8 heteroatoms. The van der Waals surface area contributed by atoms with Crippen LogP contribution in [-0.4, -0.2) is 11.9 Å². The van der Waals surface area contributed by atoms with Crippen molar-refractivity contribution in [2.45, 2.75) is 13.1 Å². The van der Waals surface area contributed by atoms with Crippen LogP contribution in [0, 0.1) is 0 Å². The molecule has 2 aromatic rings. The summed E-state index contributed by atoms with van der Waals surface area (Å²) in [6, 6.07) is 8.15. The number of nitrogens with one attached hydrogen (secondary N) is 2. The van der Waals surface area contributed by atoms with E-state index in [0.29, 0.717) is 5.69 Å². The van der Waals surface area contributed by atoms with Gasteiger partial charge in [0.2, 0.25) is 5.91 Å². The number of carboxylic acids is 1. The maximum atomic E-state index is 12.7. The second-order valence-electron chi connectivity index (χ2n) is 4.93. The van der Waals surface area contributed by atoms with Gasteiger partial charge in [-0.1, -0.05) is 6.07 Å². The Labute approximate surface area is 135 Å². The SMILES string of the molecule is CC(=O)Nc1ccc(C(=O)[O-])c(Nc2cccc(C(F)(F)F)c2)c1. The van der Waals surface area contributed by atoms with Crippen molar-refractivity contribution in [3.05, 3.63) is 53.6 Å². The fraction of sp³-hybridized carbons (Fsp3) is 0.125. The van der Waals surface area contributed by atoms with E-state index >= 15 is 0 Å². The van der Waals surface area contributed by atoms with Crippen LogP contribution < -0.4 is 15.7 Å². The van der Waals surface area contributed by atoms with Crippen LogP contribution in [0.4, 0.5) is 30.2 Å². The van der Waals surface area contributed by atoms with E-state index in [1.54, 1.807) is 0 Å². The van der Waals surface area contributed by atoms with Gasteiger partial charge >= 0.3 is 6.18 Å². The highest BCUT2D eigenvalue weighted by Gasteiger charge is 2.30. The number of hydrogen-bond acceptors (Lipinski definition) is 4. The van der Waals surface area contributed by atoms with Gasteiger partial charge in [0.15, 0.2) is 0 Å². The van der Waals surface area contributed by atoms with Gasteiger partial charge in [-0.05, 0) is 36.4 Å². The number of alkyl halides is 3. The summed E-state index contributed by atoms with van der Waals surface area (Å²) < 4.78 is 38.2. The molecular formula is C16H12F3N2O3-. The predicted molar refractivity (Wildman–Crippen MR) is 79.8 cm³/mol. The summed E-state index contributed by atoms with van der Waals surface area (Å²) in [7, 11) is 0. The lowest BCUT2D eigenvalue weighted by Crippen LogP contribution is -2.23. The lowest BCUT2D eigenvalue weighted by molar-refractivity contribution is -0.254. The number of amides is 1. The van der Waals surface area contributed by atoms with Crippen LogP contribution in [-0.2, 0) is 11.0 Å². The van der Waals surface area contributed by atoms with Gasteiger partial charge in [0.05, 0.1) is 11.5 Å². The number of halogens is 3. The Balaban J connectivity index is 2.40. The average molecular weight is 337 g/mol. The summed E-state index contributed by atoms with van der Waals surface area (Å²) >= 11 is 0. The van der Waals surface area contributed by atoms with Gasteiger partial charge in [0.1, 0.15) is 0 Å². The largest absolute Gasteiger partial charge is 0.545 e. The van der Waals surface area contributed by atoms with Gasteiger partial charge in [0, 0.05) is 29.5 Å². The van der Waals surface area contributed by atoms with E-state index in [0.717, 1.165) is 12.1 Å². The molecule has 0 aromatic heterocycles. The summed E-state index contributed by atoms with van der Waals surface area (Å²) in [5.74, 6) is -1.87. The van der Waals surface area contributed by atoms with E-state index in [9.17, 15) is 27.9 Å². The molecule has 0 aliphatic rings. The van der Waals surface area contributed by atoms with E-state index in [1.807, 2.05) is 0 Å². The molecule has 0 heterocycles. The molecule has 0 unspecified atom stereocenters. The molecule has 0 radical (unpaired) electrons. The topological polar surface area (TPSA) is 81.3 Å². The molecule has 2 aromatic carbocycles. The van der Waals surface area contributed by atoms with Gasteiger partial charge in [-0.15, -0.1) is 0 Å². The number of hydrogen-bond donors (Lipinski definition) is 2. The first-order valence-electron chi connectivity index (χ1n) is 6.74. The van der Waals surface area contributed by atoms with Crippen LogP contribution in [0.25, 0.3) is 0 Å². The third-order valence-electron chi connectivity index (χ3n) is 3.03. The van der Waals surface area contributed by atoms with Gasteiger partial charge in [-0.25, -0.2) is 0 Å². The third kappa shape index (κ3) is 4.25. The van der Waals surface area contributed by atoms with Crippen molar-refractivity contribution < 1.29 is 27.9 Å². The number of carbonyl (C=O) groups excluding carboxylic acids is 2. The lowest BCUT2D eigenvalue weighted by atomic mass is 10.1. The molecule has 2 rings (SSSR count). The zero-order valence-corrected chi connectivity index (χ0v) is 12.4. The molecule has 2 N–H and O–H groups in total. The molecule has 1 amide bonds. The summed E-state index contributed by atoms with van der Waals surface area (Å²) in [5.41, 5.74) is -0.781. The Morgan fingerprint density at radius 3 is 2.33 bits per heavy atom. The summed E-state index contributed by atoms with van der Waals surface area (Å²) in [5, 5.41) is 16.2. The second-order valence-corrected chi connectivity index (χ2v) is 4.93. The third-order valence-corrected chi connectivity index (χ3v) is 3.03. The molecule has 0 saturated heterocycles. The molecule has 0 fully saturated rings. The van der Waals surface area contributed by atoms with Crippen LogP contribution in [0.1, 0.15) is 22.8 Å². The molecule has 0 atom stereocenters. The quantitative estimate of drug-likeness (QED) is 0.899. The van der Waals surface area contributed by atoms with Crippen molar-refractivity contribution in [3.8, 4) is 0 Å². The summed E-state index contributed by atoms with van der Waals surface area (Å²) in [6.07, 6.45) is -4.52. The Hall–Kier alpha value is -3.03. The lowest BCUT2D eigenvalue weighted by Gasteiger charge is -2.16. The van der Waals surface area contributed by atoms with Gasteiger partial charge in [0.25, 0.3) is 0 Å². The summed E-state index contributed by atoms with van der Waals surface area (Å²) in [4.78, 5) is 22.2. The van der Waals surface area contributed by atoms with Crippen molar-refractivity contribution in [2.24, 2.45) is 0 Å². The van der Waals surface area contributed by atoms with E-state index in [2.05, 4.69) is 10.6 Å². The Bertz CT molecular complexity index is 788. The van der Waals surface area contributed by atoms with Crippen LogP contribution in [0.15, 0.2) is 42.5 Å². The van der Waals surface area contributed by atoms with Crippen molar-refractivity contribution >= 4 is 28.9 Å². The zero-order chi connectivity index (χ0) is 17.9. The molecular weight excluding hydrogens is 325 g/mol. The number of benzene rings is 2. The highest BCUT2D eigenvalue weighted by molar-refractivity contribution is 5.96. The van der Waals surface area contributed by atoms with Gasteiger partial charge in [-0.3, -0.25) is 4.79 Å². The van der Waals surface area contributed by atoms with Crippen LogP contribution in [0.2, 0.25) is 0 Å². The number of anilines is 3. The number of rotatable bonds is 4. The van der Waals surface area contributed by atoms with Crippen molar-refractivity contribution in [2.75, 3.05) is 10.6 Å². The molecule has 126 valence electrons. The molecule has 0 aliphatic carbocycles. The predicted octanol–water partition coefficient (Wildman–Crippen LogP) is 2.77. The van der Waals surface area contributed by atoms with Gasteiger partial charge < -0.3 is 20.5 Å². The molecule has 24 heavy (non-hydrogen) atoms. The Kier molecular flexibility index (Phi) is 4.77. The van der Waals surface area contributed by atoms with Crippen LogP contribution >= 0.6 is 0 Å². The fourth-order valence-corrected chi connectivity index (χ4v) is 2.04. The molecule has 5 nitrogen and oxygen atoms in total. The van der Waals surface area contributed by atoms with E-state index < -0.39 is 17.7 Å². The number of aromatic carboxylic acids is 1. The molecule has 0 bridgehead atoms. The van der Waals surface area contributed by atoms with Gasteiger partial charge in [-0.2, -0.15) is 13.2 Å². The Morgan fingerprint density at radius 2 is 1.75 bits per heavy atom. The smallest absolute Gasteiger partial charge is 0.416 e. The molecule has 0 saturated carbocycles. The fourth-order valence-electron chi connectivity index (χ4n) is 2.04. The number of carbonyl (C=O) groups is 2. The highest BCUT2D eigenvalue weighted by Crippen LogP contribution is 2.32. The summed E-state index contributed by atoms with van der Waals surface area (Å²) in [6.45, 7) is 1.27. The van der Waals surface area contributed by atoms with Crippen molar-refractivity contribution in [3.63, 3.8) is 0 Å². The monoisotopic (exact) mass is 337 g/mol. The molecule has 0 spiro atoms. The minimum absolute atomic E-state index is 0.000532. The Morgan fingerprint density at radius 1 is 1.04 bits per heavy atom. The highest BCUT2D eigenvalue weighted by atomic mass is 19.4. The number of carboxylic acid groups (broad SMARTS) is 1. The first-order valence-corrected chi connectivity index (χ1v) is 6.74. The van der Waals surface area contributed by atoms with E-state index in [1.165, 1.54) is 37.3 Å². The first kappa shape index (κ1) is 17.3. The van der Waals surface area contributed by atoms with Crippen molar-refractivity contribution in [1.82, 2.24) is 0 Å². The first-order chi connectivity index (χ1) is 11.2. The second kappa shape index (κ2) is 6.61. The standard InChI is InChI=1S/C16H13F3N2O3/c1-9(22)20-12-5-6-13(15(23)24)14(8-12)21-11-4-2-3-10(7-11)16(17,18)19/h2-8,21H,1H3,(H,20,22)(H,23,24)/p-1. The molecule has 0 aliphatic heterocycles. The van der Waals surface area contributed by atoms with Crippen LogP contribution in [0.3, 0.4) is 0 Å². The normalized spacial score (nSPS) is 11.0. The maximum absolute atomic E-state index is 12.7. The maximum Gasteiger partial charge on any atom is 0.416 e. The van der Waals surface area contributed by atoms with Crippen LogP contribution in [0.5, 0.6) is 0 Å². The van der Waals surface area contributed by atoms with Crippen molar-refractivity contribution in [1.29, 1.82) is 0 Å². The van der Waals surface area contributed by atoms with E-state index in [4.69, 9.17) is 0 Å². The minimum Gasteiger partial charge on any atom is -0.545 e. The minimum atomic E-state index is -4.52. The zero-order valence-electron chi connectivity index (χ0n) is 12.4. The average Bonchev–Trinajstić information content (AvgIpc) is 2.46. The van der Waals surface area contributed by atoms with E-state index in [-0.39, 0.29) is 22.8 Å².